The molecule has 3 unspecified atom stereocenters. The standard InChI is InChI=1S/C17H19N7O4/c1-8(25)7-24-12-13(23(2)17(28)20-15(12)27)19-16(24)22-21-11-9-5-3-4-6-10(9)18-14(11)26/h3-6,8,12-13,18,25-26H,7H2,1-2H3,(H,20,27,28). The van der Waals surface area contributed by atoms with E-state index in [1.165, 1.54) is 16.8 Å². The lowest BCUT2D eigenvalue weighted by atomic mass is 10.1. The molecule has 0 spiro atoms. The number of aromatic amines is 1. The highest BCUT2D eigenvalue weighted by Gasteiger charge is 2.49. The normalized spacial score (nSPS) is 23.3. The molecule has 1 fully saturated rings. The third-order valence-electron chi connectivity index (χ3n) is 4.70. The fraction of sp³-hybridized carbons (Fsp3) is 0.353. The number of H-pyrrole nitrogens is 1. The second kappa shape index (κ2) is 6.60. The number of para-hydroxylation sites is 1. The molecule has 3 amide bonds. The number of hydrogen-bond acceptors (Lipinski definition) is 8. The van der Waals surface area contributed by atoms with Gasteiger partial charge in [0.25, 0.3) is 5.91 Å². The van der Waals surface area contributed by atoms with Gasteiger partial charge in [-0.2, -0.15) is 0 Å². The van der Waals surface area contributed by atoms with Crippen molar-refractivity contribution in [3.05, 3.63) is 24.3 Å². The number of amides is 3. The predicted octanol–water partition coefficient (Wildman–Crippen LogP) is 0.886. The number of azo groups is 1. The van der Waals surface area contributed by atoms with Gasteiger partial charge in [0.15, 0.2) is 17.9 Å². The molecule has 1 saturated heterocycles. The summed E-state index contributed by atoms with van der Waals surface area (Å²) in [6, 6.07) is 5.83. The molecule has 1 aromatic heterocycles. The van der Waals surface area contributed by atoms with Crippen molar-refractivity contribution in [1.82, 2.24) is 20.1 Å². The molecule has 0 radical (unpaired) electrons. The molecule has 3 atom stereocenters. The molecule has 0 saturated carbocycles. The first kappa shape index (κ1) is 17.9. The molecule has 11 heteroatoms. The van der Waals surface area contributed by atoms with Crippen molar-refractivity contribution >= 4 is 34.5 Å². The first-order chi connectivity index (χ1) is 13.4. The van der Waals surface area contributed by atoms with Gasteiger partial charge in [0.05, 0.1) is 11.6 Å². The second-order valence-corrected chi connectivity index (χ2v) is 6.76. The number of hydrogen-bond donors (Lipinski definition) is 4. The molecule has 0 aliphatic carbocycles. The molecule has 4 rings (SSSR count). The van der Waals surface area contributed by atoms with Crippen LogP contribution in [-0.2, 0) is 4.79 Å². The number of aromatic hydroxyl groups is 1. The zero-order valence-electron chi connectivity index (χ0n) is 15.2. The zero-order chi connectivity index (χ0) is 20.0. The zero-order valence-corrected chi connectivity index (χ0v) is 15.2. The molecule has 146 valence electrons. The number of carbonyl (C=O) groups is 2. The maximum atomic E-state index is 12.4. The van der Waals surface area contributed by atoms with Gasteiger partial charge >= 0.3 is 6.03 Å². The maximum Gasteiger partial charge on any atom is 0.325 e. The highest BCUT2D eigenvalue weighted by molar-refractivity contribution is 6.04. The van der Waals surface area contributed by atoms with Crippen LogP contribution in [0.3, 0.4) is 0 Å². The molecular weight excluding hydrogens is 366 g/mol. The van der Waals surface area contributed by atoms with E-state index in [4.69, 9.17) is 0 Å². The van der Waals surface area contributed by atoms with Gasteiger partial charge in [0.2, 0.25) is 11.8 Å². The summed E-state index contributed by atoms with van der Waals surface area (Å²) in [7, 11) is 1.52. The minimum atomic E-state index is -0.817. The number of aromatic nitrogens is 1. The molecule has 1 aromatic carbocycles. The van der Waals surface area contributed by atoms with E-state index in [2.05, 4.69) is 25.5 Å². The van der Waals surface area contributed by atoms with E-state index in [9.17, 15) is 19.8 Å². The minimum Gasteiger partial charge on any atom is -0.493 e. The van der Waals surface area contributed by atoms with E-state index >= 15 is 0 Å². The molecule has 0 bridgehead atoms. The number of aliphatic hydroxyl groups excluding tert-OH is 1. The summed E-state index contributed by atoms with van der Waals surface area (Å²) >= 11 is 0. The second-order valence-electron chi connectivity index (χ2n) is 6.76. The molecule has 2 aromatic rings. The third-order valence-corrected chi connectivity index (χ3v) is 4.70. The Morgan fingerprint density at radius 1 is 1.29 bits per heavy atom. The van der Waals surface area contributed by atoms with Crippen LogP contribution in [-0.4, -0.2) is 74.8 Å². The minimum absolute atomic E-state index is 0.0777. The summed E-state index contributed by atoms with van der Waals surface area (Å²) < 4.78 is 0. The Bertz CT molecular complexity index is 1010. The van der Waals surface area contributed by atoms with Gasteiger partial charge in [-0.3, -0.25) is 10.1 Å². The van der Waals surface area contributed by atoms with Crippen LogP contribution in [0.4, 0.5) is 10.5 Å². The van der Waals surface area contributed by atoms with Crippen molar-refractivity contribution in [2.75, 3.05) is 13.6 Å². The average Bonchev–Trinajstić information content (AvgIpc) is 3.15. The predicted molar refractivity (Wildman–Crippen MR) is 99.2 cm³/mol. The van der Waals surface area contributed by atoms with Crippen LogP contribution in [0.15, 0.2) is 39.5 Å². The van der Waals surface area contributed by atoms with E-state index in [1.54, 1.807) is 25.1 Å². The number of nitrogens with zero attached hydrogens (tertiary/aromatic N) is 5. The lowest BCUT2D eigenvalue weighted by Gasteiger charge is -2.36. The molecular formula is C17H19N7O4. The number of imide groups is 1. The number of urea groups is 1. The Labute approximate surface area is 159 Å². The van der Waals surface area contributed by atoms with Gasteiger partial charge in [-0.1, -0.05) is 18.2 Å². The number of aliphatic hydroxyl groups is 1. The lowest BCUT2D eigenvalue weighted by molar-refractivity contribution is -0.127. The summed E-state index contributed by atoms with van der Waals surface area (Å²) in [4.78, 5) is 34.2. The van der Waals surface area contributed by atoms with Gasteiger partial charge in [0, 0.05) is 19.0 Å². The van der Waals surface area contributed by atoms with E-state index in [0.29, 0.717) is 10.9 Å². The summed E-state index contributed by atoms with van der Waals surface area (Å²) in [5, 5.41) is 31.1. The molecule has 4 N–H and O–H groups in total. The van der Waals surface area contributed by atoms with Crippen LogP contribution in [0, 0.1) is 0 Å². The smallest absolute Gasteiger partial charge is 0.325 e. The van der Waals surface area contributed by atoms with Crippen LogP contribution in [0.2, 0.25) is 0 Å². The van der Waals surface area contributed by atoms with Crippen molar-refractivity contribution < 1.29 is 19.8 Å². The molecule has 2 aliphatic heterocycles. The first-order valence-electron chi connectivity index (χ1n) is 8.68. The van der Waals surface area contributed by atoms with Crippen molar-refractivity contribution in [3.63, 3.8) is 0 Å². The highest BCUT2D eigenvalue weighted by Crippen LogP contribution is 2.35. The largest absolute Gasteiger partial charge is 0.493 e. The van der Waals surface area contributed by atoms with Crippen LogP contribution in [0.25, 0.3) is 10.9 Å². The van der Waals surface area contributed by atoms with E-state index in [0.717, 1.165) is 0 Å². The third kappa shape index (κ3) is 2.85. The number of guanidine groups is 1. The quantitative estimate of drug-likeness (QED) is 0.580. The van der Waals surface area contributed by atoms with Crippen LogP contribution >= 0.6 is 0 Å². The summed E-state index contributed by atoms with van der Waals surface area (Å²) in [5.74, 6) is -0.567. The Balaban J connectivity index is 1.72. The number of fused-ring (bicyclic) bond motifs is 2. The number of nitrogens with one attached hydrogen (secondary N) is 2. The summed E-state index contributed by atoms with van der Waals surface area (Å²) in [6.07, 6.45) is -1.54. The number of β-amino-alcohol motifs (C(OH)–C–C–N with tert-alkyl or cyclic N) is 1. The van der Waals surface area contributed by atoms with E-state index in [1.807, 2.05) is 6.07 Å². The Kier molecular flexibility index (Phi) is 4.23. The first-order valence-corrected chi connectivity index (χ1v) is 8.68. The lowest BCUT2D eigenvalue weighted by Crippen LogP contribution is -2.64. The SMILES string of the molecule is CC(O)CN1C(N=Nc2c(O)[nH]c3ccccc23)=NC2C1C(=O)NC(=O)N2C. The Morgan fingerprint density at radius 3 is 2.79 bits per heavy atom. The topological polar surface area (TPSA) is 146 Å². The summed E-state index contributed by atoms with van der Waals surface area (Å²) in [5.41, 5.74) is 0.931. The van der Waals surface area contributed by atoms with Crippen LogP contribution in [0.1, 0.15) is 6.92 Å². The molecule has 3 heterocycles. The number of carbonyl (C=O) groups excluding carboxylic acids is 2. The van der Waals surface area contributed by atoms with Gasteiger partial charge in [-0.15, -0.1) is 10.2 Å². The van der Waals surface area contributed by atoms with E-state index in [-0.39, 0.29) is 24.1 Å². The van der Waals surface area contributed by atoms with Crippen LogP contribution < -0.4 is 5.32 Å². The Hall–Kier alpha value is -3.47. The van der Waals surface area contributed by atoms with Gasteiger partial charge in [-0.05, 0) is 13.0 Å². The number of likely N-dealkylation sites (N-methyl/N-ethyl adjacent to an activating group) is 1. The number of benzene rings is 1. The van der Waals surface area contributed by atoms with Gasteiger partial charge < -0.3 is 25.0 Å². The monoisotopic (exact) mass is 385 g/mol. The maximum absolute atomic E-state index is 12.4. The molecule has 11 nitrogen and oxygen atoms in total. The van der Waals surface area contributed by atoms with Crippen molar-refractivity contribution in [1.29, 1.82) is 0 Å². The number of aliphatic imine (C=N–C) groups is 1. The van der Waals surface area contributed by atoms with Gasteiger partial charge in [-0.25, -0.2) is 9.79 Å². The molecule has 2 aliphatic rings. The number of rotatable bonds is 3. The molecule has 28 heavy (non-hydrogen) atoms. The van der Waals surface area contributed by atoms with Crippen molar-refractivity contribution in [3.8, 4) is 5.88 Å². The fourth-order valence-electron chi connectivity index (χ4n) is 3.38. The fourth-order valence-corrected chi connectivity index (χ4v) is 3.38. The van der Waals surface area contributed by atoms with Crippen molar-refractivity contribution in [2.24, 2.45) is 15.2 Å². The van der Waals surface area contributed by atoms with Gasteiger partial charge in [0.1, 0.15) is 0 Å². The summed E-state index contributed by atoms with van der Waals surface area (Å²) in [6.45, 7) is 1.65. The highest BCUT2D eigenvalue weighted by atomic mass is 16.3. The average molecular weight is 385 g/mol. The van der Waals surface area contributed by atoms with Crippen molar-refractivity contribution in [2.45, 2.75) is 25.2 Å². The Morgan fingerprint density at radius 2 is 2.04 bits per heavy atom. The van der Waals surface area contributed by atoms with E-state index < -0.39 is 30.2 Å². The van der Waals surface area contributed by atoms with Crippen LogP contribution in [0.5, 0.6) is 5.88 Å².